The normalized spacial score (nSPS) is 13.9. The topological polar surface area (TPSA) is 40.5 Å². The van der Waals surface area contributed by atoms with Gasteiger partial charge in [0, 0.05) is 11.6 Å². The van der Waals surface area contributed by atoms with Gasteiger partial charge in [-0.05, 0) is 19.5 Å². The van der Waals surface area contributed by atoms with Crippen molar-refractivity contribution in [1.82, 2.24) is 4.90 Å². The van der Waals surface area contributed by atoms with E-state index in [9.17, 15) is 9.90 Å². The van der Waals surface area contributed by atoms with Crippen molar-refractivity contribution in [3.05, 3.63) is 71.8 Å². The summed E-state index contributed by atoms with van der Waals surface area (Å²) < 4.78 is 0. The minimum Gasteiger partial charge on any atom is -0.387 e. The van der Waals surface area contributed by atoms with Gasteiger partial charge in [0.25, 0.3) is 0 Å². The van der Waals surface area contributed by atoms with Crippen LogP contribution in [0, 0.1) is 0 Å². The number of nitrogens with zero attached hydrogens (tertiary/aromatic N) is 1. The number of benzene rings is 2. The summed E-state index contributed by atoms with van der Waals surface area (Å²) in [5.41, 5.74) is 1.56. The molecule has 0 bridgehead atoms. The van der Waals surface area contributed by atoms with Crippen molar-refractivity contribution < 1.29 is 9.90 Å². The molecule has 0 aliphatic heterocycles. The molecule has 0 amide bonds. The lowest BCUT2D eigenvalue weighted by Gasteiger charge is -2.28. The minimum absolute atomic E-state index is 0.0604. The molecule has 3 heteroatoms. The van der Waals surface area contributed by atoms with Crippen molar-refractivity contribution >= 4 is 5.78 Å². The predicted octanol–water partition coefficient (Wildman–Crippen LogP) is 2.92. The monoisotopic (exact) mass is 283 g/mol. The molecule has 0 radical (unpaired) electrons. The SMILES string of the molecule is CC(C(O)c1ccccc1)N(C)CC(=O)c1ccccc1. The molecular weight excluding hydrogens is 262 g/mol. The van der Waals surface area contributed by atoms with E-state index >= 15 is 0 Å². The van der Waals surface area contributed by atoms with Gasteiger partial charge in [-0.2, -0.15) is 0 Å². The van der Waals surface area contributed by atoms with Crippen LogP contribution in [-0.2, 0) is 0 Å². The summed E-state index contributed by atoms with van der Waals surface area (Å²) in [6.45, 7) is 2.21. The van der Waals surface area contributed by atoms with Gasteiger partial charge >= 0.3 is 0 Å². The average molecular weight is 283 g/mol. The van der Waals surface area contributed by atoms with Gasteiger partial charge in [-0.25, -0.2) is 0 Å². The van der Waals surface area contributed by atoms with E-state index in [1.54, 1.807) is 0 Å². The van der Waals surface area contributed by atoms with Crippen LogP contribution in [-0.4, -0.2) is 35.4 Å². The molecule has 21 heavy (non-hydrogen) atoms. The third kappa shape index (κ3) is 4.00. The number of carbonyl (C=O) groups is 1. The van der Waals surface area contributed by atoms with Crippen LogP contribution in [0.15, 0.2) is 60.7 Å². The van der Waals surface area contributed by atoms with Gasteiger partial charge in [0.05, 0.1) is 12.6 Å². The number of aliphatic hydroxyl groups excluding tert-OH is 1. The highest BCUT2D eigenvalue weighted by Gasteiger charge is 2.22. The highest BCUT2D eigenvalue weighted by Crippen LogP contribution is 2.19. The minimum atomic E-state index is -0.611. The highest BCUT2D eigenvalue weighted by atomic mass is 16.3. The zero-order valence-corrected chi connectivity index (χ0v) is 12.4. The predicted molar refractivity (Wildman–Crippen MR) is 84.3 cm³/mol. The Kier molecular flexibility index (Phi) is 5.26. The Morgan fingerprint density at radius 3 is 2.14 bits per heavy atom. The van der Waals surface area contributed by atoms with Gasteiger partial charge in [-0.3, -0.25) is 9.69 Å². The van der Waals surface area contributed by atoms with Crippen LogP contribution in [0.5, 0.6) is 0 Å². The van der Waals surface area contributed by atoms with Crippen molar-refractivity contribution in [3.8, 4) is 0 Å². The molecule has 2 atom stereocenters. The van der Waals surface area contributed by atoms with Crippen LogP contribution in [0.4, 0.5) is 0 Å². The Morgan fingerprint density at radius 1 is 1.05 bits per heavy atom. The standard InChI is InChI=1S/C18H21NO2/c1-14(18(21)16-11-7-4-8-12-16)19(2)13-17(20)15-9-5-3-6-10-15/h3-12,14,18,21H,13H2,1-2H3. The molecule has 0 saturated heterocycles. The maximum atomic E-state index is 12.2. The van der Waals surface area contributed by atoms with E-state index in [1.807, 2.05) is 79.5 Å². The molecule has 0 fully saturated rings. The van der Waals surface area contributed by atoms with Gasteiger partial charge in [0.1, 0.15) is 0 Å². The highest BCUT2D eigenvalue weighted by molar-refractivity contribution is 5.97. The fourth-order valence-electron chi connectivity index (χ4n) is 2.26. The van der Waals surface area contributed by atoms with Crippen molar-refractivity contribution in [2.24, 2.45) is 0 Å². The van der Waals surface area contributed by atoms with E-state index in [4.69, 9.17) is 0 Å². The van der Waals surface area contributed by atoms with Crippen LogP contribution < -0.4 is 0 Å². The summed E-state index contributed by atoms with van der Waals surface area (Å²) in [6.07, 6.45) is -0.611. The summed E-state index contributed by atoms with van der Waals surface area (Å²) in [6, 6.07) is 18.6. The molecule has 2 aromatic rings. The van der Waals surface area contributed by atoms with E-state index in [-0.39, 0.29) is 18.4 Å². The average Bonchev–Trinajstić information content (AvgIpc) is 2.55. The van der Waals surface area contributed by atoms with E-state index in [1.165, 1.54) is 0 Å². The molecular formula is C18H21NO2. The Balaban J connectivity index is 2.00. The van der Waals surface area contributed by atoms with Crippen LogP contribution >= 0.6 is 0 Å². The van der Waals surface area contributed by atoms with Gasteiger partial charge in [-0.1, -0.05) is 60.7 Å². The largest absolute Gasteiger partial charge is 0.387 e. The van der Waals surface area contributed by atoms with E-state index in [0.29, 0.717) is 5.56 Å². The number of hydrogen-bond donors (Lipinski definition) is 1. The first-order valence-corrected chi connectivity index (χ1v) is 7.11. The Morgan fingerprint density at radius 2 is 1.57 bits per heavy atom. The number of likely N-dealkylation sites (N-methyl/N-ethyl adjacent to an activating group) is 1. The van der Waals surface area contributed by atoms with Gasteiger partial charge in [-0.15, -0.1) is 0 Å². The number of hydrogen-bond acceptors (Lipinski definition) is 3. The third-order valence-electron chi connectivity index (χ3n) is 3.78. The van der Waals surface area contributed by atoms with Crippen molar-refractivity contribution in [2.75, 3.05) is 13.6 Å². The molecule has 2 rings (SSSR count). The summed E-state index contributed by atoms with van der Waals surface area (Å²) in [4.78, 5) is 14.1. The molecule has 0 spiro atoms. The molecule has 2 unspecified atom stereocenters. The second-order valence-corrected chi connectivity index (χ2v) is 5.30. The van der Waals surface area contributed by atoms with Crippen molar-refractivity contribution in [3.63, 3.8) is 0 Å². The molecule has 0 aliphatic carbocycles. The van der Waals surface area contributed by atoms with Crippen molar-refractivity contribution in [1.29, 1.82) is 0 Å². The Labute approximate surface area is 125 Å². The molecule has 1 N–H and O–H groups in total. The lowest BCUT2D eigenvalue weighted by Crippen LogP contribution is -2.38. The Hall–Kier alpha value is -1.97. The second kappa shape index (κ2) is 7.16. The number of rotatable bonds is 6. The van der Waals surface area contributed by atoms with Crippen LogP contribution in [0.3, 0.4) is 0 Å². The fraction of sp³-hybridized carbons (Fsp3) is 0.278. The van der Waals surface area contributed by atoms with Gasteiger partial charge in [0.2, 0.25) is 0 Å². The van der Waals surface area contributed by atoms with E-state index in [0.717, 1.165) is 5.56 Å². The summed E-state index contributed by atoms with van der Waals surface area (Å²) in [5.74, 6) is 0.0604. The van der Waals surface area contributed by atoms with Crippen molar-refractivity contribution in [2.45, 2.75) is 19.1 Å². The fourth-order valence-corrected chi connectivity index (χ4v) is 2.26. The van der Waals surface area contributed by atoms with E-state index < -0.39 is 6.10 Å². The summed E-state index contributed by atoms with van der Waals surface area (Å²) in [5, 5.41) is 10.4. The first-order valence-electron chi connectivity index (χ1n) is 7.11. The smallest absolute Gasteiger partial charge is 0.176 e. The van der Waals surface area contributed by atoms with Gasteiger partial charge < -0.3 is 5.11 Å². The molecule has 0 saturated carbocycles. The molecule has 2 aromatic carbocycles. The zero-order valence-electron chi connectivity index (χ0n) is 12.4. The molecule has 0 aromatic heterocycles. The van der Waals surface area contributed by atoms with Crippen LogP contribution in [0.1, 0.15) is 28.9 Å². The number of aliphatic hydroxyl groups is 1. The van der Waals surface area contributed by atoms with E-state index in [2.05, 4.69) is 0 Å². The van der Waals surface area contributed by atoms with Crippen LogP contribution in [0.25, 0.3) is 0 Å². The maximum absolute atomic E-state index is 12.2. The van der Waals surface area contributed by atoms with Crippen LogP contribution in [0.2, 0.25) is 0 Å². The van der Waals surface area contributed by atoms with Gasteiger partial charge in [0.15, 0.2) is 5.78 Å². The zero-order chi connectivity index (χ0) is 15.2. The summed E-state index contributed by atoms with van der Waals surface area (Å²) in [7, 11) is 1.86. The lowest BCUT2D eigenvalue weighted by molar-refractivity contribution is 0.0648. The second-order valence-electron chi connectivity index (χ2n) is 5.30. The number of carbonyl (C=O) groups excluding carboxylic acids is 1. The molecule has 3 nitrogen and oxygen atoms in total. The first kappa shape index (κ1) is 15.4. The summed E-state index contributed by atoms with van der Waals surface area (Å²) >= 11 is 0. The molecule has 110 valence electrons. The molecule has 0 heterocycles. The quantitative estimate of drug-likeness (QED) is 0.829. The maximum Gasteiger partial charge on any atom is 0.176 e. The Bertz CT molecular complexity index is 568. The number of Topliss-reactive ketones (excluding diaryl/α,β-unsaturated/α-hetero) is 1. The molecule has 0 aliphatic rings. The third-order valence-corrected chi connectivity index (χ3v) is 3.78. The first-order chi connectivity index (χ1) is 10.1. The lowest BCUT2D eigenvalue weighted by atomic mass is 10.0. The number of ketones is 1.